The number of aryl methyl sites for hydroxylation is 2. The molecule has 0 amide bonds. The van der Waals surface area contributed by atoms with Crippen LogP contribution < -0.4 is 0 Å². The van der Waals surface area contributed by atoms with Gasteiger partial charge in [0.05, 0.1) is 7.11 Å². The maximum absolute atomic E-state index is 12.7. The summed E-state index contributed by atoms with van der Waals surface area (Å²) < 4.78 is 4.92. The van der Waals surface area contributed by atoms with E-state index in [0.29, 0.717) is 11.1 Å². The first-order chi connectivity index (χ1) is 11.0. The Morgan fingerprint density at radius 3 is 2.52 bits per heavy atom. The van der Waals surface area contributed by atoms with Crippen LogP contribution in [-0.4, -0.2) is 18.9 Å². The van der Waals surface area contributed by atoms with Crippen molar-refractivity contribution in [1.29, 1.82) is 0 Å². The zero-order valence-electron chi connectivity index (χ0n) is 13.4. The first-order valence-corrected chi connectivity index (χ1v) is 7.53. The lowest BCUT2D eigenvalue weighted by molar-refractivity contribution is -0.141. The van der Waals surface area contributed by atoms with Crippen LogP contribution in [0.5, 0.6) is 0 Å². The minimum atomic E-state index is -0.648. The van der Waals surface area contributed by atoms with Crippen LogP contribution in [-0.2, 0) is 9.53 Å². The minimum absolute atomic E-state index is 0.103. The Bertz CT molecular complexity index is 831. The summed E-state index contributed by atoms with van der Waals surface area (Å²) in [6, 6.07) is 13.2. The number of benzene rings is 2. The summed E-state index contributed by atoms with van der Waals surface area (Å²) in [5.74, 6) is -1.15. The predicted molar refractivity (Wildman–Crippen MR) is 89.4 cm³/mol. The van der Waals surface area contributed by atoms with E-state index in [1.54, 1.807) is 12.1 Å². The third-order valence-electron chi connectivity index (χ3n) is 4.38. The number of rotatable bonds is 2. The van der Waals surface area contributed by atoms with Gasteiger partial charge in [0.2, 0.25) is 0 Å². The van der Waals surface area contributed by atoms with Crippen molar-refractivity contribution in [2.45, 2.75) is 19.8 Å². The van der Waals surface area contributed by atoms with Crippen LogP contribution in [0.4, 0.5) is 0 Å². The van der Waals surface area contributed by atoms with Crippen LogP contribution in [0, 0.1) is 13.8 Å². The number of ether oxygens (including phenoxy) is 1. The van der Waals surface area contributed by atoms with Gasteiger partial charge in [-0.25, -0.2) is 0 Å². The van der Waals surface area contributed by atoms with E-state index in [2.05, 4.69) is 0 Å². The molecule has 1 aliphatic carbocycles. The number of ketones is 1. The molecule has 1 atom stereocenters. The zero-order chi connectivity index (χ0) is 16.6. The Kier molecular flexibility index (Phi) is 3.87. The molecule has 0 N–H and O–H groups in total. The van der Waals surface area contributed by atoms with Crippen LogP contribution in [0.1, 0.15) is 38.5 Å². The standard InChI is InChI=1S/C20H18O3/c1-12-8-9-14(10-13(12)2)11-17-18(20(22)23-3)15-6-4-5-7-16(15)19(17)21/h4-11,18H,1-3H3. The number of hydrogen-bond acceptors (Lipinski definition) is 3. The Hall–Kier alpha value is -2.68. The fourth-order valence-corrected chi connectivity index (χ4v) is 2.96. The average molecular weight is 306 g/mol. The van der Waals surface area contributed by atoms with Crippen molar-refractivity contribution in [1.82, 2.24) is 0 Å². The van der Waals surface area contributed by atoms with Gasteiger partial charge in [0.1, 0.15) is 5.92 Å². The molecule has 0 radical (unpaired) electrons. The summed E-state index contributed by atoms with van der Waals surface area (Å²) in [5.41, 5.74) is 5.03. The van der Waals surface area contributed by atoms with Crippen molar-refractivity contribution >= 4 is 17.8 Å². The molecule has 0 saturated heterocycles. The van der Waals surface area contributed by atoms with Gasteiger partial charge in [-0.05, 0) is 42.2 Å². The molecule has 23 heavy (non-hydrogen) atoms. The molecule has 2 aromatic carbocycles. The van der Waals surface area contributed by atoms with E-state index in [1.807, 2.05) is 50.2 Å². The Balaban J connectivity index is 2.13. The molecule has 0 spiro atoms. The number of methoxy groups -OCH3 is 1. The van der Waals surface area contributed by atoms with Crippen LogP contribution in [0.3, 0.4) is 0 Å². The first kappa shape index (κ1) is 15.2. The predicted octanol–water partition coefficient (Wildman–Crippen LogP) is 3.84. The lowest BCUT2D eigenvalue weighted by atomic mass is 9.95. The Morgan fingerprint density at radius 1 is 1.09 bits per heavy atom. The summed E-state index contributed by atoms with van der Waals surface area (Å²) in [7, 11) is 1.35. The largest absolute Gasteiger partial charge is 0.468 e. The number of carbonyl (C=O) groups is 2. The summed E-state index contributed by atoms with van der Waals surface area (Å²) in [6.07, 6.45) is 1.80. The van der Waals surface area contributed by atoms with Crippen molar-refractivity contribution in [2.75, 3.05) is 7.11 Å². The van der Waals surface area contributed by atoms with E-state index >= 15 is 0 Å². The molecule has 2 aromatic rings. The third kappa shape index (κ3) is 2.59. The molecule has 116 valence electrons. The number of hydrogen-bond donors (Lipinski definition) is 0. The molecule has 3 rings (SSSR count). The Morgan fingerprint density at radius 2 is 1.83 bits per heavy atom. The highest BCUT2D eigenvalue weighted by Crippen LogP contribution is 2.39. The van der Waals surface area contributed by atoms with Crippen LogP contribution >= 0.6 is 0 Å². The van der Waals surface area contributed by atoms with Crippen LogP contribution in [0.25, 0.3) is 6.08 Å². The second-order valence-corrected chi connectivity index (χ2v) is 5.82. The topological polar surface area (TPSA) is 43.4 Å². The minimum Gasteiger partial charge on any atom is -0.468 e. The van der Waals surface area contributed by atoms with Gasteiger partial charge in [-0.1, -0.05) is 42.5 Å². The molecular weight excluding hydrogens is 288 g/mol. The van der Waals surface area contributed by atoms with E-state index in [4.69, 9.17) is 4.74 Å². The average Bonchev–Trinajstić information content (AvgIpc) is 2.83. The van der Waals surface area contributed by atoms with Gasteiger partial charge in [0.15, 0.2) is 5.78 Å². The van der Waals surface area contributed by atoms with E-state index in [1.165, 1.54) is 12.7 Å². The van der Waals surface area contributed by atoms with Crippen molar-refractivity contribution in [2.24, 2.45) is 0 Å². The quantitative estimate of drug-likeness (QED) is 0.625. The summed E-state index contributed by atoms with van der Waals surface area (Å²) in [5, 5.41) is 0. The molecule has 3 heteroatoms. The second kappa shape index (κ2) is 5.84. The molecule has 0 heterocycles. The second-order valence-electron chi connectivity index (χ2n) is 5.82. The van der Waals surface area contributed by atoms with E-state index in [0.717, 1.165) is 16.7 Å². The number of Topliss-reactive ketones (excluding diaryl/α,β-unsaturated/α-hetero) is 1. The van der Waals surface area contributed by atoms with Crippen molar-refractivity contribution in [3.05, 3.63) is 75.9 Å². The van der Waals surface area contributed by atoms with Gasteiger partial charge < -0.3 is 4.74 Å². The lowest BCUT2D eigenvalue weighted by Gasteiger charge is -2.10. The van der Waals surface area contributed by atoms with Crippen LogP contribution in [0.15, 0.2) is 48.0 Å². The van der Waals surface area contributed by atoms with Crippen LogP contribution in [0.2, 0.25) is 0 Å². The number of fused-ring (bicyclic) bond motifs is 1. The molecule has 0 aliphatic heterocycles. The fourth-order valence-electron chi connectivity index (χ4n) is 2.96. The molecule has 0 saturated carbocycles. The maximum Gasteiger partial charge on any atom is 0.317 e. The Labute approximate surface area is 135 Å². The molecule has 3 nitrogen and oxygen atoms in total. The summed E-state index contributed by atoms with van der Waals surface area (Å²) >= 11 is 0. The zero-order valence-corrected chi connectivity index (χ0v) is 13.4. The lowest BCUT2D eigenvalue weighted by Crippen LogP contribution is -2.14. The number of esters is 1. The first-order valence-electron chi connectivity index (χ1n) is 7.53. The van der Waals surface area contributed by atoms with Gasteiger partial charge >= 0.3 is 5.97 Å². The third-order valence-corrected chi connectivity index (χ3v) is 4.38. The summed E-state index contributed by atoms with van der Waals surface area (Å²) in [6.45, 7) is 4.07. The van der Waals surface area contributed by atoms with Crippen molar-refractivity contribution in [3.8, 4) is 0 Å². The summed E-state index contributed by atoms with van der Waals surface area (Å²) in [4.78, 5) is 24.9. The van der Waals surface area contributed by atoms with Gasteiger partial charge in [-0.15, -0.1) is 0 Å². The van der Waals surface area contributed by atoms with Gasteiger partial charge in [-0.3, -0.25) is 9.59 Å². The van der Waals surface area contributed by atoms with Gasteiger partial charge in [0, 0.05) is 11.1 Å². The number of carbonyl (C=O) groups excluding carboxylic acids is 2. The molecule has 1 aliphatic rings. The normalized spacial score (nSPS) is 18.1. The van der Waals surface area contributed by atoms with E-state index < -0.39 is 11.9 Å². The van der Waals surface area contributed by atoms with E-state index in [9.17, 15) is 9.59 Å². The van der Waals surface area contributed by atoms with E-state index in [-0.39, 0.29) is 5.78 Å². The molecule has 1 unspecified atom stereocenters. The SMILES string of the molecule is COC(=O)C1C(=Cc2ccc(C)c(C)c2)C(=O)c2ccccc21. The molecule has 0 fully saturated rings. The molecule has 0 bridgehead atoms. The highest BCUT2D eigenvalue weighted by molar-refractivity contribution is 6.20. The smallest absolute Gasteiger partial charge is 0.317 e. The van der Waals surface area contributed by atoms with Gasteiger partial charge in [0.25, 0.3) is 0 Å². The van der Waals surface area contributed by atoms with Crippen molar-refractivity contribution in [3.63, 3.8) is 0 Å². The van der Waals surface area contributed by atoms with Gasteiger partial charge in [-0.2, -0.15) is 0 Å². The van der Waals surface area contributed by atoms with Crippen molar-refractivity contribution < 1.29 is 14.3 Å². The fraction of sp³-hybridized carbons (Fsp3) is 0.200. The monoisotopic (exact) mass is 306 g/mol. The molecular formula is C20H18O3. The maximum atomic E-state index is 12.7. The molecule has 0 aromatic heterocycles. The highest BCUT2D eigenvalue weighted by Gasteiger charge is 2.39. The highest BCUT2D eigenvalue weighted by atomic mass is 16.5.